The van der Waals surface area contributed by atoms with Gasteiger partial charge in [-0.1, -0.05) is 0 Å². The maximum atomic E-state index is 13.2. The zero-order chi connectivity index (χ0) is 20.4. The Bertz CT molecular complexity index is 836. The van der Waals surface area contributed by atoms with Gasteiger partial charge in [0.1, 0.15) is 0 Å². The number of primary amides is 1. The van der Waals surface area contributed by atoms with E-state index in [1.54, 1.807) is 12.1 Å². The summed E-state index contributed by atoms with van der Waals surface area (Å²) in [6, 6.07) is 3.34. The van der Waals surface area contributed by atoms with Crippen molar-refractivity contribution in [1.29, 1.82) is 0 Å². The van der Waals surface area contributed by atoms with Gasteiger partial charge in [0.2, 0.25) is 17.7 Å². The standard InChI is InChI=1S/C20H27N3O5S/c21-17(24)20-8-12-6-13(9-20)16(14(7-12)10-20)22-18(25)19(3-4-19)11-23(29(26)27)15-2-1-5-28-15/h1-2,5,12-14,16H,3-4,6-11H2,(H2,21,24)(H,22,25)(H,26,27). The smallest absolute Gasteiger partial charge is 0.264 e. The summed E-state index contributed by atoms with van der Waals surface area (Å²) in [5, 5.41) is 3.28. The van der Waals surface area contributed by atoms with E-state index in [9.17, 15) is 18.4 Å². The summed E-state index contributed by atoms with van der Waals surface area (Å²) >= 11 is -2.27. The van der Waals surface area contributed by atoms with Crippen LogP contribution in [0.25, 0.3) is 0 Å². The maximum absolute atomic E-state index is 13.2. The Labute approximate surface area is 172 Å². The molecule has 1 heterocycles. The molecule has 3 unspecified atom stereocenters. The minimum Gasteiger partial charge on any atom is -0.448 e. The highest BCUT2D eigenvalue weighted by molar-refractivity contribution is 7.80. The molecule has 5 saturated carbocycles. The Morgan fingerprint density at radius 2 is 1.97 bits per heavy atom. The minimum absolute atomic E-state index is 0.0508. The van der Waals surface area contributed by atoms with Crippen LogP contribution in [0.1, 0.15) is 44.9 Å². The Hall–Kier alpha value is -1.87. The van der Waals surface area contributed by atoms with E-state index in [0.717, 1.165) is 32.1 Å². The van der Waals surface area contributed by atoms with Gasteiger partial charge in [0, 0.05) is 17.5 Å². The van der Waals surface area contributed by atoms with Crippen molar-refractivity contribution >= 4 is 29.0 Å². The lowest BCUT2D eigenvalue weighted by Crippen LogP contribution is -2.62. The number of hydrogen-bond donors (Lipinski definition) is 3. The first kappa shape index (κ1) is 19.1. The largest absolute Gasteiger partial charge is 0.448 e. The minimum atomic E-state index is -2.27. The van der Waals surface area contributed by atoms with E-state index in [0.29, 0.717) is 30.6 Å². The quantitative estimate of drug-likeness (QED) is 0.579. The number of carbonyl (C=O) groups excluding carboxylic acids is 2. The summed E-state index contributed by atoms with van der Waals surface area (Å²) in [5.41, 5.74) is 4.71. The molecule has 0 radical (unpaired) electrons. The molecule has 1 aromatic heterocycles. The van der Waals surface area contributed by atoms with Crippen LogP contribution < -0.4 is 15.4 Å². The van der Waals surface area contributed by atoms with Gasteiger partial charge in [-0.2, -0.15) is 0 Å². The van der Waals surface area contributed by atoms with Gasteiger partial charge >= 0.3 is 0 Å². The third-order valence-electron chi connectivity index (χ3n) is 7.82. The number of rotatable bonds is 7. The lowest BCUT2D eigenvalue weighted by Gasteiger charge is -2.59. The lowest BCUT2D eigenvalue weighted by molar-refractivity contribution is -0.148. The molecule has 5 aliphatic carbocycles. The van der Waals surface area contributed by atoms with E-state index in [1.807, 2.05) is 0 Å². The molecule has 4 bridgehead atoms. The van der Waals surface area contributed by atoms with Crippen LogP contribution in [0, 0.1) is 28.6 Å². The van der Waals surface area contributed by atoms with Crippen LogP contribution in [0.3, 0.4) is 0 Å². The van der Waals surface area contributed by atoms with Crippen molar-refractivity contribution in [2.75, 3.05) is 10.8 Å². The molecule has 8 nitrogen and oxygen atoms in total. The zero-order valence-corrected chi connectivity index (χ0v) is 17.0. The normalized spacial score (nSPS) is 37.1. The molecule has 158 valence electrons. The van der Waals surface area contributed by atoms with Gasteiger partial charge in [0.05, 0.1) is 18.2 Å². The van der Waals surface area contributed by atoms with Crippen molar-refractivity contribution in [2.24, 2.45) is 34.3 Å². The number of hydrogen-bond acceptors (Lipinski definition) is 4. The number of anilines is 1. The Balaban J connectivity index is 1.30. The molecule has 5 aliphatic rings. The van der Waals surface area contributed by atoms with Crippen LogP contribution in [-0.4, -0.2) is 33.2 Å². The molecule has 4 N–H and O–H groups in total. The summed E-state index contributed by atoms with van der Waals surface area (Å²) in [6.45, 7) is 0.144. The summed E-state index contributed by atoms with van der Waals surface area (Å²) in [6.07, 6.45) is 7.34. The number of amides is 2. The van der Waals surface area contributed by atoms with Gasteiger partial charge in [-0.15, -0.1) is 0 Å². The van der Waals surface area contributed by atoms with E-state index >= 15 is 0 Å². The van der Waals surface area contributed by atoms with Crippen molar-refractivity contribution in [2.45, 2.75) is 51.0 Å². The Morgan fingerprint density at radius 1 is 1.28 bits per heavy atom. The second kappa shape index (κ2) is 6.57. The van der Waals surface area contributed by atoms with Gasteiger partial charge in [0.25, 0.3) is 11.3 Å². The predicted octanol–water partition coefficient (Wildman–Crippen LogP) is 1.80. The predicted molar refractivity (Wildman–Crippen MR) is 106 cm³/mol. The van der Waals surface area contributed by atoms with Gasteiger partial charge in [-0.3, -0.25) is 14.1 Å². The fourth-order valence-electron chi connectivity index (χ4n) is 6.37. The summed E-state index contributed by atoms with van der Waals surface area (Å²) in [4.78, 5) is 25.3. The molecular weight excluding hydrogens is 394 g/mol. The first-order valence-corrected chi connectivity index (χ1v) is 11.4. The van der Waals surface area contributed by atoms with E-state index in [-0.39, 0.29) is 35.7 Å². The molecule has 1 aromatic rings. The molecular formula is C20H27N3O5S. The number of nitrogens with two attached hydrogens (primary N) is 1. The van der Waals surface area contributed by atoms with Crippen LogP contribution >= 0.6 is 0 Å². The van der Waals surface area contributed by atoms with E-state index in [4.69, 9.17) is 10.2 Å². The van der Waals surface area contributed by atoms with Gasteiger partial charge < -0.3 is 15.5 Å². The maximum Gasteiger partial charge on any atom is 0.264 e. The Morgan fingerprint density at radius 3 is 2.48 bits per heavy atom. The molecule has 9 heteroatoms. The highest BCUT2D eigenvalue weighted by atomic mass is 32.2. The molecule has 5 fully saturated rings. The van der Waals surface area contributed by atoms with Crippen LogP contribution in [0.4, 0.5) is 5.88 Å². The first-order valence-electron chi connectivity index (χ1n) is 10.3. The lowest BCUT2D eigenvalue weighted by atomic mass is 9.47. The van der Waals surface area contributed by atoms with E-state index < -0.39 is 16.7 Å². The second-order valence-electron chi connectivity index (χ2n) is 9.61. The molecule has 2 amide bonds. The average molecular weight is 422 g/mol. The van der Waals surface area contributed by atoms with Crippen molar-refractivity contribution in [3.05, 3.63) is 18.4 Å². The van der Waals surface area contributed by atoms with Gasteiger partial charge in [-0.05, 0) is 68.8 Å². The monoisotopic (exact) mass is 421 g/mol. The summed E-state index contributed by atoms with van der Waals surface area (Å²) in [7, 11) is 0. The number of nitrogens with one attached hydrogen (secondary N) is 1. The number of carbonyl (C=O) groups is 2. The molecule has 0 aliphatic heterocycles. The van der Waals surface area contributed by atoms with Crippen LogP contribution in [0.2, 0.25) is 0 Å². The van der Waals surface area contributed by atoms with E-state index in [1.165, 1.54) is 10.6 Å². The molecule has 0 aromatic carbocycles. The zero-order valence-electron chi connectivity index (χ0n) is 16.2. The SMILES string of the molecule is NC(=O)C12CC3CC(C1)C(NC(=O)C1(CN(c4ccco4)S(=O)O)CC1)C(C3)C2. The fraction of sp³-hybridized carbons (Fsp3) is 0.700. The molecule has 0 spiro atoms. The van der Waals surface area contributed by atoms with Crippen molar-refractivity contribution in [3.63, 3.8) is 0 Å². The molecule has 6 rings (SSSR count). The third-order valence-corrected chi connectivity index (χ3v) is 8.50. The molecule has 29 heavy (non-hydrogen) atoms. The van der Waals surface area contributed by atoms with Crippen molar-refractivity contribution in [1.82, 2.24) is 5.32 Å². The van der Waals surface area contributed by atoms with Crippen molar-refractivity contribution < 1.29 is 22.8 Å². The molecule has 3 atom stereocenters. The summed E-state index contributed by atoms with van der Waals surface area (Å²) < 4.78 is 28.0. The highest BCUT2D eigenvalue weighted by Gasteiger charge is 2.59. The second-order valence-corrected chi connectivity index (χ2v) is 10.5. The Kier molecular flexibility index (Phi) is 4.33. The van der Waals surface area contributed by atoms with Crippen LogP contribution in [-0.2, 0) is 20.9 Å². The number of furan rings is 1. The topological polar surface area (TPSA) is 126 Å². The van der Waals surface area contributed by atoms with Crippen LogP contribution in [0.15, 0.2) is 22.8 Å². The summed E-state index contributed by atoms with van der Waals surface area (Å²) in [5.74, 6) is 1.17. The van der Waals surface area contributed by atoms with Crippen LogP contribution in [0.5, 0.6) is 0 Å². The number of nitrogens with zero attached hydrogens (tertiary/aromatic N) is 1. The average Bonchev–Trinajstić information content (AvgIpc) is 3.26. The fourth-order valence-corrected chi connectivity index (χ4v) is 6.99. The van der Waals surface area contributed by atoms with Gasteiger partial charge in [0.15, 0.2) is 0 Å². The van der Waals surface area contributed by atoms with E-state index in [2.05, 4.69) is 5.32 Å². The highest BCUT2D eigenvalue weighted by Crippen LogP contribution is 2.60. The first-order chi connectivity index (χ1) is 13.8. The molecule has 0 saturated heterocycles. The van der Waals surface area contributed by atoms with Crippen molar-refractivity contribution in [3.8, 4) is 0 Å². The van der Waals surface area contributed by atoms with Gasteiger partial charge in [-0.25, -0.2) is 8.51 Å². The third kappa shape index (κ3) is 3.09.